The SMILES string of the molecule is CNC(c1ccc(Br)s1)C(C)CN. The zero-order valence-electron chi connectivity index (χ0n) is 7.88. The molecule has 1 rings (SSSR count). The van der Waals surface area contributed by atoms with Gasteiger partial charge < -0.3 is 11.1 Å². The van der Waals surface area contributed by atoms with Crippen molar-refractivity contribution in [1.29, 1.82) is 0 Å². The molecule has 0 spiro atoms. The lowest BCUT2D eigenvalue weighted by Crippen LogP contribution is -2.27. The first kappa shape index (κ1) is 11.2. The second-order valence-electron chi connectivity index (χ2n) is 3.12. The van der Waals surface area contributed by atoms with Gasteiger partial charge in [0, 0.05) is 10.9 Å². The van der Waals surface area contributed by atoms with Gasteiger partial charge in [0.15, 0.2) is 0 Å². The normalized spacial score (nSPS) is 15.7. The molecule has 0 fully saturated rings. The van der Waals surface area contributed by atoms with E-state index in [0.29, 0.717) is 18.5 Å². The highest BCUT2D eigenvalue weighted by atomic mass is 79.9. The molecular weight excluding hydrogens is 248 g/mol. The molecule has 0 radical (unpaired) electrons. The monoisotopic (exact) mass is 262 g/mol. The summed E-state index contributed by atoms with van der Waals surface area (Å²) in [6, 6.07) is 4.59. The van der Waals surface area contributed by atoms with Gasteiger partial charge in [0.2, 0.25) is 0 Å². The van der Waals surface area contributed by atoms with Gasteiger partial charge in [-0.15, -0.1) is 11.3 Å². The Labute approximate surface area is 91.7 Å². The third-order valence-corrected chi connectivity index (χ3v) is 3.86. The van der Waals surface area contributed by atoms with Gasteiger partial charge in [-0.3, -0.25) is 0 Å². The van der Waals surface area contributed by atoms with E-state index in [1.54, 1.807) is 11.3 Å². The van der Waals surface area contributed by atoms with Gasteiger partial charge in [0.1, 0.15) is 0 Å². The maximum atomic E-state index is 5.65. The summed E-state index contributed by atoms with van der Waals surface area (Å²) >= 11 is 5.22. The minimum absolute atomic E-state index is 0.376. The quantitative estimate of drug-likeness (QED) is 0.875. The lowest BCUT2D eigenvalue weighted by atomic mass is 10.0. The molecule has 3 N–H and O–H groups in total. The maximum Gasteiger partial charge on any atom is 0.0701 e. The predicted octanol–water partition coefficient (Wildman–Crippen LogP) is 2.37. The van der Waals surface area contributed by atoms with Crippen LogP contribution in [0.2, 0.25) is 0 Å². The first-order chi connectivity index (χ1) is 6.19. The highest BCUT2D eigenvalue weighted by Gasteiger charge is 2.17. The Hall–Kier alpha value is 0.1000. The van der Waals surface area contributed by atoms with E-state index in [4.69, 9.17) is 5.73 Å². The lowest BCUT2D eigenvalue weighted by molar-refractivity contribution is 0.425. The fourth-order valence-electron chi connectivity index (χ4n) is 1.34. The lowest BCUT2D eigenvalue weighted by Gasteiger charge is -2.20. The molecule has 0 aliphatic rings. The molecule has 2 atom stereocenters. The Morgan fingerprint density at radius 2 is 2.31 bits per heavy atom. The third-order valence-electron chi connectivity index (χ3n) is 2.15. The van der Waals surface area contributed by atoms with Gasteiger partial charge >= 0.3 is 0 Å². The Morgan fingerprint density at radius 1 is 1.62 bits per heavy atom. The van der Waals surface area contributed by atoms with Crippen molar-refractivity contribution in [3.05, 3.63) is 20.8 Å². The van der Waals surface area contributed by atoms with Crippen LogP contribution < -0.4 is 11.1 Å². The standard InChI is InChI=1S/C9H15BrN2S/c1-6(5-11)9(12-2)7-3-4-8(10)13-7/h3-4,6,9,12H,5,11H2,1-2H3. The smallest absolute Gasteiger partial charge is 0.0701 e. The Morgan fingerprint density at radius 3 is 2.69 bits per heavy atom. The number of rotatable bonds is 4. The minimum atomic E-state index is 0.376. The molecular formula is C9H15BrN2S. The van der Waals surface area contributed by atoms with Crippen LogP contribution in [-0.2, 0) is 0 Å². The summed E-state index contributed by atoms with van der Waals surface area (Å²) in [5, 5.41) is 3.29. The van der Waals surface area contributed by atoms with Crippen molar-refractivity contribution in [2.45, 2.75) is 13.0 Å². The van der Waals surface area contributed by atoms with E-state index in [1.165, 1.54) is 8.66 Å². The number of nitrogens with two attached hydrogens (primary N) is 1. The average molecular weight is 263 g/mol. The topological polar surface area (TPSA) is 38.0 Å². The van der Waals surface area contributed by atoms with Crippen LogP contribution in [0.25, 0.3) is 0 Å². The van der Waals surface area contributed by atoms with Gasteiger partial charge in [-0.2, -0.15) is 0 Å². The first-order valence-electron chi connectivity index (χ1n) is 4.31. The van der Waals surface area contributed by atoms with Crippen LogP contribution in [0.15, 0.2) is 15.9 Å². The summed E-state index contributed by atoms with van der Waals surface area (Å²) < 4.78 is 1.17. The molecule has 0 saturated carbocycles. The number of halogens is 1. The van der Waals surface area contributed by atoms with E-state index in [1.807, 2.05) is 7.05 Å². The van der Waals surface area contributed by atoms with Crippen molar-refractivity contribution in [3.63, 3.8) is 0 Å². The van der Waals surface area contributed by atoms with Gasteiger partial charge in [-0.25, -0.2) is 0 Å². The summed E-state index contributed by atoms with van der Waals surface area (Å²) in [5.74, 6) is 0.468. The number of hydrogen-bond acceptors (Lipinski definition) is 3. The van der Waals surface area contributed by atoms with Crippen molar-refractivity contribution in [2.75, 3.05) is 13.6 Å². The van der Waals surface area contributed by atoms with E-state index >= 15 is 0 Å². The van der Waals surface area contributed by atoms with Crippen LogP contribution in [0.4, 0.5) is 0 Å². The number of nitrogens with one attached hydrogen (secondary N) is 1. The van der Waals surface area contributed by atoms with Crippen LogP contribution in [-0.4, -0.2) is 13.6 Å². The summed E-state index contributed by atoms with van der Waals surface area (Å²) in [4.78, 5) is 1.34. The van der Waals surface area contributed by atoms with Crippen LogP contribution in [0, 0.1) is 5.92 Å². The van der Waals surface area contributed by atoms with Crippen molar-refractivity contribution in [3.8, 4) is 0 Å². The highest BCUT2D eigenvalue weighted by molar-refractivity contribution is 9.11. The van der Waals surface area contributed by atoms with E-state index in [9.17, 15) is 0 Å². The molecule has 1 heterocycles. The van der Waals surface area contributed by atoms with E-state index in [0.717, 1.165) is 0 Å². The molecule has 4 heteroatoms. The fourth-order valence-corrected chi connectivity index (χ4v) is 3.01. The van der Waals surface area contributed by atoms with Crippen molar-refractivity contribution in [2.24, 2.45) is 11.7 Å². The molecule has 2 nitrogen and oxygen atoms in total. The third kappa shape index (κ3) is 2.77. The van der Waals surface area contributed by atoms with Gasteiger partial charge in [0.25, 0.3) is 0 Å². The minimum Gasteiger partial charge on any atom is -0.330 e. The van der Waals surface area contributed by atoms with E-state index in [2.05, 4.69) is 40.3 Å². The molecule has 13 heavy (non-hydrogen) atoms. The molecule has 0 bridgehead atoms. The van der Waals surface area contributed by atoms with Crippen molar-refractivity contribution >= 4 is 27.3 Å². The van der Waals surface area contributed by atoms with Crippen LogP contribution in [0.3, 0.4) is 0 Å². The largest absolute Gasteiger partial charge is 0.330 e. The molecule has 0 aromatic carbocycles. The highest BCUT2D eigenvalue weighted by Crippen LogP contribution is 2.30. The second-order valence-corrected chi connectivity index (χ2v) is 5.62. The average Bonchev–Trinajstić information content (AvgIpc) is 2.53. The van der Waals surface area contributed by atoms with Crippen molar-refractivity contribution in [1.82, 2.24) is 5.32 Å². The summed E-state index contributed by atoms with van der Waals surface area (Å²) in [7, 11) is 1.98. The Kier molecular flexibility index (Phi) is 4.38. The van der Waals surface area contributed by atoms with Crippen molar-refractivity contribution < 1.29 is 0 Å². The summed E-state index contributed by atoms with van der Waals surface area (Å²) in [6.45, 7) is 2.87. The van der Waals surface area contributed by atoms with E-state index < -0.39 is 0 Å². The van der Waals surface area contributed by atoms with Gasteiger partial charge in [0.05, 0.1) is 3.79 Å². The zero-order chi connectivity index (χ0) is 9.84. The van der Waals surface area contributed by atoms with Crippen LogP contribution >= 0.6 is 27.3 Å². The first-order valence-corrected chi connectivity index (χ1v) is 5.92. The Bertz CT molecular complexity index is 262. The summed E-state index contributed by atoms with van der Waals surface area (Å²) in [5.41, 5.74) is 5.65. The molecule has 0 aliphatic carbocycles. The number of hydrogen-bond donors (Lipinski definition) is 2. The predicted molar refractivity (Wildman–Crippen MR) is 62.0 cm³/mol. The summed E-state index contributed by atoms with van der Waals surface area (Å²) in [6.07, 6.45) is 0. The Balaban J connectivity index is 2.77. The fraction of sp³-hybridized carbons (Fsp3) is 0.556. The molecule has 0 aliphatic heterocycles. The van der Waals surface area contributed by atoms with Crippen LogP contribution in [0.5, 0.6) is 0 Å². The van der Waals surface area contributed by atoms with Gasteiger partial charge in [-0.1, -0.05) is 6.92 Å². The molecule has 0 amide bonds. The zero-order valence-corrected chi connectivity index (χ0v) is 10.3. The molecule has 1 aromatic heterocycles. The van der Waals surface area contributed by atoms with Crippen LogP contribution in [0.1, 0.15) is 17.8 Å². The number of thiophene rings is 1. The molecule has 1 aromatic rings. The maximum absolute atomic E-state index is 5.65. The molecule has 2 unspecified atom stereocenters. The molecule has 74 valence electrons. The molecule has 0 saturated heterocycles. The van der Waals surface area contributed by atoms with Gasteiger partial charge in [-0.05, 0) is 47.6 Å². The van der Waals surface area contributed by atoms with E-state index in [-0.39, 0.29) is 0 Å². The second kappa shape index (κ2) is 5.10.